The SMILES string of the molecule is Cc1ccccc1-c1ccc2c(c1)c1ccccc1n2-c1cc(-c2c(F)c(F)c(F)c(F)c2F)cc(-n2c3ccccc3c3cc(-c4ccccc4C)ccc32)c1C(F)(F)F. The summed E-state index contributed by atoms with van der Waals surface area (Å²) in [5.74, 6) is -11.2. The molecule has 0 spiro atoms. The Labute approximate surface area is 343 Å². The zero-order valence-corrected chi connectivity index (χ0v) is 32.3. The van der Waals surface area contributed by atoms with Crippen LogP contribution in [0.4, 0.5) is 35.1 Å². The van der Waals surface area contributed by atoms with Crippen LogP contribution in [0.5, 0.6) is 0 Å². The van der Waals surface area contributed by atoms with E-state index in [9.17, 15) is 4.39 Å². The molecule has 2 aromatic heterocycles. The van der Waals surface area contributed by atoms with Gasteiger partial charge < -0.3 is 9.13 Å². The minimum absolute atomic E-state index is 0.314. The predicted octanol–water partition coefficient (Wildman–Crippen LogP) is 15.2. The topological polar surface area (TPSA) is 9.86 Å². The fourth-order valence-electron chi connectivity index (χ4n) is 8.85. The Hall–Kier alpha value is -7.20. The number of benzene rings is 8. The van der Waals surface area contributed by atoms with Crippen LogP contribution in [0.1, 0.15) is 16.7 Å². The molecule has 300 valence electrons. The van der Waals surface area contributed by atoms with E-state index in [1.165, 1.54) is 9.13 Å². The number of para-hydroxylation sites is 2. The maximum absolute atomic E-state index is 16.3. The lowest BCUT2D eigenvalue weighted by Crippen LogP contribution is -2.16. The molecule has 0 saturated heterocycles. The van der Waals surface area contributed by atoms with E-state index in [1.54, 1.807) is 72.8 Å². The lowest BCUT2D eigenvalue weighted by atomic mass is 9.97. The van der Waals surface area contributed by atoms with Crippen LogP contribution in [0.15, 0.2) is 146 Å². The first kappa shape index (κ1) is 38.0. The van der Waals surface area contributed by atoms with E-state index in [1.807, 2.05) is 74.5 Å². The van der Waals surface area contributed by atoms with Crippen molar-refractivity contribution >= 4 is 43.6 Å². The van der Waals surface area contributed by atoms with Gasteiger partial charge in [0.05, 0.1) is 39.0 Å². The van der Waals surface area contributed by atoms with Gasteiger partial charge in [0.1, 0.15) is 5.56 Å². The van der Waals surface area contributed by atoms with Gasteiger partial charge in [-0.2, -0.15) is 13.2 Å². The van der Waals surface area contributed by atoms with Crippen molar-refractivity contribution in [2.24, 2.45) is 0 Å². The molecule has 0 saturated carbocycles. The molecule has 10 heteroatoms. The summed E-state index contributed by atoms with van der Waals surface area (Å²) >= 11 is 0. The van der Waals surface area contributed by atoms with Crippen molar-refractivity contribution in [1.29, 1.82) is 0 Å². The summed E-state index contributed by atoms with van der Waals surface area (Å²) in [5.41, 5.74) is 2.24. The molecule has 0 N–H and O–H groups in total. The molecule has 0 aliphatic carbocycles. The largest absolute Gasteiger partial charge is 0.420 e. The zero-order valence-electron chi connectivity index (χ0n) is 32.3. The Bertz CT molecular complexity index is 3230. The number of rotatable bonds is 5. The maximum atomic E-state index is 16.3. The lowest BCUT2D eigenvalue weighted by molar-refractivity contribution is -0.137. The number of nitrogens with zero attached hydrogens (tertiary/aromatic N) is 2. The van der Waals surface area contributed by atoms with Gasteiger partial charge in [0.2, 0.25) is 5.82 Å². The van der Waals surface area contributed by atoms with Gasteiger partial charge in [0.25, 0.3) is 0 Å². The first-order chi connectivity index (χ1) is 29.3. The van der Waals surface area contributed by atoms with E-state index < -0.39 is 63.3 Å². The first-order valence-electron chi connectivity index (χ1n) is 19.3. The molecular weight excluding hydrogens is 793 g/mol. The summed E-state index contributed by atoms with van der Waals surface area (Å²) in [6.45, 7) is 3.89. The molecule has 0 fully saturated rings. The quantitative estimate of drug-likeness (QED) is 0.0930. The standard InChI is InChI=1S/C51H30F8N2/c1-27-11-3-5-13-32(27)29-19-21-40-36(23-29)34-15-7-9-17-38(34)60(40)42-25-31(44-46(52)48(54)50(56)49(55)47(44)53)26-43(45(42)51(57,58)59)61-39-18-10-8-16-35(39)37-24-30(20-22-41(37)61)33-14-6-4-12-28(33)2/h3-26H,1-2H3. The summed E-state index contributed by atoms with van der Waals surface area (Å²) in [7, 11) is 0. The average molecular weight is 823 g/mol. The highest BCUT2D eigenvalue weighted by Crippen LogP contribution is 2.48. The summed E-state index contributed by atoms with van der Waals surface area (Å²) in [4.78, 5) is 0. The monoisotopic (exact) mass is 822 g/mol. The van der Waals surface area contributed by atoms with Crippen LogP contribution in [0, 0.1) is 42.9 Å². The highest BCUT2D eigenvalue weighted by molar-refractivity contribution is 6.12. The third kappa shape index (κ3) is 5.84. The Kier molecular flexibility index (Phi) is 8.69. The second-order valence-electron chi connectivity index (χ2n) is 15.1. The normalized spacial score (nSPS) is 12.1. The van der Waals surface area contributed by atoms with Crippen molar-refractivity contribution in [2.45, 2.75) is 20.0 Å². The Balaban J connectivity index is 1.37. The molecule has 0 radical (unpaired) electrons. The number of alkyl halides is 3. The molecule has 61 heavy (non-hydrogen) atoms. The zero-order chi connectivity index (χ0) is 42.5. The third-order valence-corrected chi connectivity index (χ3v) is 11.6. The Morgan fingerprint density at radius 2 is 0.754 bits per heavy atom. The maximum Gasteiger partial charge on any atom is 0.420 e. The minimum Gasteiger partial charge on any atom is -0.309 e. The molecule has 2 heterocycles. The first-order valence-corrected chi connectivity index (χ1v) is 19.3. The second kappa shape index (κ2) is 13.9. The van der Waals surface area contributed by atoms with E-state index in [0.717, 1.165) is 45.5 Å². The third-order valence-electron chi connectivity index (χ3n) is 11.6. The molecular formula is C51H30F8N2. The molecule has 0 aliphatic heterocycles. The average Bonchev–Trinajstić information content (AvgIpc) is 3.77. The van der Waals surface area contributed by atoms with Gasteiger partial charge in [-0.25, -0.2) is 22.0 Å². The van der Waals surface area contributed by atoms with Crippen molar-refractivity contribution in [2.75, 3.05) is 0 Å². The van der Waals surface area contributed by atoms with E-state index in [-0.39, 0.29) is 0 Å². The van der Waals surface area contributed by atoms with Crippen molar-refractivity contribution in [1.82, 2.24) is 9.13 Å². The van der Waals surface area contributed by atoms with Gasteiger partial charge in [0, 0.05) is 21.5 Å². The van der Waals surface area contributed by atoms with Gasteiger partial charge in [-0.05, 0) is 101 Å². The van der Waals surface area contributed by atoms with E-state index in [4.69, 9.17) is 0 Å². The fourth-order valence-corrected chi connectivity index (χ4v) is 8.85. The molecule has 2 nitrogen and oxygen atoms in total. The van der Waals surface area contributed by atoms with E-state index in [0.29, 0.717) is 43.6 Å². The van der Waals surface area contributed by atoms with Crippen LogP contribution >= 0.6 is 0 Å². The summed E-state index contributed by atoms with van der Waals surface area (Å²) in [5, 5.41) is 2.30. The van der Waals surface area contributed by atoms with Gasteiger partial charge in [-0.3, -0.25) is 0 Å². The van der Waals surface area contributed by atoms with Crippen LogP contribution in [0.2, 0.25) is 0 Å². The van der Waals surface area contributed by atoms with Crippen LogP contribution in [0.3, 0.4) is 0 Å². The van der Waals surface area contributed by atoms with Crippen LogP contribution < -0.4 is 0 Å². The minimum atomic E-state index is -5.14. The Morgan fingerprint density at radius 1 is 0.377 bits per heavy atom. The highest BCUT2D eigenvalue weighted by Gasteiger charge is 2.40. The van der Waals surface area contributed by atoms with Crippen molar-refractivity contribution in [3.8, 4) is 44.8 Å². The number of aromatic nitrogens is 2. The van der Waals surface area contributed by atoms with Crippen LogP contribution in [-0.2, 0) is 6.18 Å². The number of hydrogen-bond acceptors (Lipinski definition) is 0. The molecule has 10 aromatic rings. The van der Waals surface area contributed by atoms with Crippen molar-refractivity contribution in [3.63, 3.8) is 0 Å². The number of halogens is 8. The smallest absolute Gasteiger partial charge is 0.309 e. The Morgan fingerprint density at radius 3 is 1.18 bits per heavy atom. The summed E-state index contributed by atoms with van der Waals surface area (Å²) in [6.07, 6.45) is -5.14. The van der Waals surface area contributed by atoms with E-state index in [2.05, 4.69) is 0 Å². The van der Waals surface area contributed by atoms with E-state index >= 15 is 30.7 Å². The van der Waals surface area contributed by atoms with Gasteiger partial charge >= 0.3 is 6.18 Å². The number of hydrogen-bond donors (Lipinski definition) is 0. The lowest BCUT2D eigenvalue weighted by Gasteiger charge is -2.23. The molecule has 0 atom stereocenters. The second-order valence-corrected chi connectivity index (χ2v) is 15.1. The van der Waals surface area contributed by atoms with Crippen molar-refractivity contribution < 1.29 is 35.1 Å². The number of fused-ring (bicyclic) bond motifs is 6. The van der Waals surface area contributed by atoms with Gasteiger partial charge in [-0.1, -0.05) is 97.1 Å². The summed E-state index contributed by atoms with van der Waals surface area (Å²) < 4.78 is 128. The predicted molar refractivity (Wildman–Crippen MR) is 226 cm³/mol. The molecule has 10 rings (SSSR count). The molecule has 0 aliphatic rings. The molecule has 0 amide bonds. The van der Waals surface area contributed by atoms with Gasteiger partial charge in [0.15, 0.2) is 23.3 Å². The highest BCUT2D eigenvalue weighted by atomic mass is 19.4. The molecule has 0 unspecified atom stereocenters. The van der Waals surface area contributed by atoms with Crippen molar-refractivity contribution in [3.05, 3.63) is 191 Å². The fraction of sp³-hybridized carbons (Fsp3) is 0.0588. The van der Waals surface area contributed by atoms with Crippen LogP contribution in [0.25, 0.3) is 88.4 Å². The van der Waals surface area contributed by atoms with Gasteiger partial charge in [-0.15, -0.1) is 0 Å². The number of aryl methyl sites for hydroxylation is 2. The molecule has 0 bridgehead atoms. The summed E-state index contributed by atoms with van der Waals surface area (Å²) in [6, 6.07) is 41.3. The van der Waals surface area contributed by atoms with Crippen LogP contribution in [-0.4, -0.2) is 9.13 Å². The molecule has 8 aromatic carbocycles.